The third-order valence-corrected chi connectivity index (χ3v) is 11.5. The first-order valence-electron chi connectivity index (χ1n) is 9.24. The maximum atomic E-state index is 9.37. The molecule has 130 valence electrons. The average Bonchev–Trinajstić information content (AvgIpc) is 2.93. The second-order valence-corrected chi connectivity index (χ2v) is 13.2. The molecule has 0 spiro atoms. The van der Waals surface area contributed by atoms with Crippen molar-refractivity contribution in [2.45, 2.75) is 84.4 Å². The fraction of sp³-hybridized carbons (Fsp3) is 0.750. The molecular weight excluding hydrogens is 298 g/mol. The van der Waals surface area contributed by atoms with Crippen LogP contribution < -0.4 is 0 Å². The minimum Gasteiger partial charge on any atom is -0.415 e. The van der Waals surface area contributed by atoms with E-state index in [0.29, 0.717) is 22.5 Å². The molecule has 0 saturated heterocycles. The Morgan fingerprint density at radius 3 is 2.13 bits per heavy atom. The summed E-state index contributed by atoms with van der Waals surface area (Å²) in [6, 6.07) is 2.39. The summed E-state index contributed by atoms with van der Waals surface area (Å²) >= 11 is 0. The second-order valence-electron chi connectivity index (χ2n) is 7.77. The molecule has 1 rings (SSSR count). The smallest absolute Gasteiger partial charge is 0.200 e. The zero-order chi connectivity index (χ0) is 17.6. The van der Waals surface area contributed by atoms with Crippen molar-refractivity contribution in [3.8, 4) is 6.07 Å². The molecular formula is C20H35NOSi. The Hall–Kier alpha value is -0.853. The molecule has 23 heavy (non-hydrogen) atoms. The van der Waals surface area contributed by atoms with E-state index >= 15 is 0 Å². The highest BCUT2D eigenvalue weighted by Crippen LogP contribution is 2.43. The minimum atomic E-state index is -1.83. The van der Waals surface area contributed by atoms with Crippen LogP contribution in [0.5, 0.6) is 0 Å². The van der Waals surface area contributed by atoms with Gasteiger partial charge in [0.15, 0.2) is 8.32 Å². The molecule has 0 aromatic rings. The van der Waals surface area contributed by atoms with Crippen molar-refractivity contribution in [3.63, 3.8) is 0 Å². The van der Waals surface area contributed by atoms with E-state index in [2.05, 4.69) is 66.7 Å². The van der Waals surface area contributed by atoms with Crippen molar-refractivity contribution in [1.29, 1.82) is 5.26 Å². The van der Waals surface area contributed by atoms with Crippen molar-refractivity contribution in [3.05, 3.63) is 23.3 Å². The molecule has 0 saturated carbocycles. The van der Waals surface area contributed by atoms with E-state index in [4.69, 9.17) is 4.43 Å². The Bertz CT molecular complexity index is 461. The van der Waals surface area contributed by atoms with Crippen LogP contribution in [0.25, 0.3) is 0 Å². The van der Waals surface area contributed by atoms with E-state index < -0.39 is 8.32 Å². The summed E-state index contributed by atoms with van der Waals surface area (Å²) in [5.74, 6) is 0.372. The number of nitrogens with zero attached hydrogens (tertiary/aromatic N) is 1. The van der Waals surface area contributed by atoms with Gasteiger partial charge in [-0.1, -0.05) is 67.0 Å². The Morgan fingerprint density at radius 1 is 1.13 bits per heavy atom. The van der Waals surface area contributed by atoms with Gasteiger partial charge < -0.3 is 4.43 Å². The highest BCUT2D eigenvalue weighted by molar-refractivity contribution is 6.77. The highest BCUT2D eigenvalue weighted by atomic mass is 28.4. The van der Waals surface area contributed by atoms with E-state index in [0.717, 1.165) is 31.4 Å². The molecule has 0 N–H and O–H groups in total. The summed E-state index contributed by atoms with van der Waals surface area (Å²) in [5, 5.41) is 9.37. The number of rotatable bonds is 9. The zero-order valence-electron chi connectivity index (χ0n) is 16.1. The first-order valence-corrected chi connectivity index (χ1v) is 11.4. The largest absolute Gasteiger partial charge is 0.415 e. The van der Waals surface area contributed by atoms with Gasteiger partial charge in [-0.3, -0.25) is 0 Å². The summed E-state index contributed by atoms with van der Waals surface area (Å²) < 4.78 is 6.80. The van der Waals surface area contributed by atoms with Crippen LogP contribution in [0, 0.1) is 17.2 Å². The van der Waals surface area contributed by atoms with Crippen molar-refractivity contribution < 1.29 is 4.43 Å². The molecule has 0 aromatic carbocycles. The van der Waals surface area contributed by atoms with Gasteiger partial charge in [-0.05, 0) is 28.6 Å². The molecule has 1 atom stereocenters. The summed E-state index contributed by atoms with van der Waals surface area (Å²) in [4.78, 5) is 0. The van der Waals surface area contributed by atoms with Gasteiger partial charge in [0, 0.05) is 24.5 Å². The Balaban J connectivity index is 3.01. The van der Waals surface area contributed by atoms with E-state index in [-0.39, 0.29) is 0 Å². The Morgan fingerprint density at radius 2 is 1.70 bits per heavy atom. The first-order chi connectivity index (χ1) is 10.8. The van der Waals surface area contributed by atoms with E-state index in [1.165, 1.54) is 5.57 Å². The molecule has 0 aliphatic heterocycles. The van der Waals surface area contributed by atoms with Gasteiger partial charge in [0.2, 0.25) is 0 Å². The van der Waals surface area contributed by atoms with E-state index in [9.17, 15) is 5.26 Å². The van der Waals surface area contributed by atoms with Gasteiger partial charge in [-0.25, -0.2) is 0 Å². The van der Waals surface area contributed by atoms with Crippen molar-refractivity contribution in [1.82, 2.24) is 0 Å². The number of nitriles is 1. The predicted molar refractivity (Wildman–Crippen MR) is 102 cm³/mol. The summed E-state index contributed by atoms with van der Waals surface area (Å²) in [6.45, 7) is 17.0. The molecule has 1 aliphatic carbocycles. The Labute approximate surface area is 144 Å². The van der Waals surface area contributed by atoms with Crippen molar-refractivity contribution in [2.75, 3.05) is 6.61 Å². The minimum absolute atomic E-state index is 0.372. The van der Waals surface area contributed by atoms with Crippen molar-refractivity contribution in [2.24, 2.45) is 5.92 Å². The van der Waals surface area contributed by atoms with Crippen LogP contribution in [0.15, 0.2) is 23.3 Å². The predicted octanol–water partition coefficient (Wildman–Crippen LogP) is 6.37. The number of allylic oxidation sites excluding steroid dienone is 3. The van der Waals surface area contributed by atoms with Crippen LogP contribution in [0.1, 0.15) is 67.7 Å². The number of hydrogen-bond donors (Lipinski definition) is 0. The second kappa shape index (κ2) is 8.85. The summed E-state index contributed by atoms with van der Waals surface area (Å²) in [7, 11) is -1.83. The van der Waals surface area contributed by atoms with Gasteiger partial charge >= 0.3 is 0 Å². The van der Waals surface area contributed by atoms with Crippen LogP contribution in [-0.2, 0) is 4.43 Å². The quantitative estimate of drug-likeness (QED) is 0.459. The molecule has 0 heterocycles. The van der Waals surface area contributed by atoms with Crippen LogP contribution in [0.3, 0.4) is 0 Å². The van der Waals surface area contributed by atoms with Crippen LogP contribution in [-0.4, -0.2) is 14.9 Å². The van der Waals surface area contributed by atoms with Gasteiger partial charge in [-0.2, -0.15) is 5.26 Å². The highest BCUT2D eigenvalue weighted by Gasteiger charge is 2.45. The van der Waals surface area contributed by atoms with E-state index in [1.807, 2.05) is 0 Å². The maximum Gasteiger partial charge on any atom is 0.200 e. The van der Waals surface area contributed by atoms with Gasteiger partial charge in [-0.15, -0.1) is 0 Å². The monoisotopic (exact) mass is 333 g/mol. The number of hydrogen-bond acceptors (Lipinski definition) is 2. The third kappa shape index (κ3) is 4.36. The van der Waals surface area contributed by atoms with Crippen molar-refractivity contribution >= 4 is 8.32 Å². The van der Waals surface area contributed by atoms with Crippen LogP contribution >= 0.6 is 0 Å². The molecule has 3 heteroatoms. The Kier molecular flexibility index (Phi) is 7.77. The fourth-order valence-electron chi connectivity index (χ4n) is 4.44. The lowest BCUT2D eigenvalue weighted by atomic mass is 9.93. The van der Waals surface area contributed by atoms with Gasteiger partial charge in [0.05, 0.1) is 6.07 Å². The SMILES string of the molecule is CCC[C@@H](CO[Si](C(C)C)(C(C)C)C(C)C)C1=C(C#N)CC=C1. The molecule has 0 aromatic heterocycles. The molecule has 2 nitrogen and oxygen atoms in total. The molecule has 1 aliphatic rings. The van der Waals surface area contributed by atoms with Gasteiger partial charge in [0.1, 0.15) is 0 Å². The first kappa shape index (κ1) is 20.2. The third-order valence-electron chi connectivity index (χ3n) is 5.42. The lowest BCUT2D eigenvalue weighted by Crippen LogP contribution is -2.48. The molecule has 0 unspecified atom stereocenters. The summed E-state index contributed by atoms with van der Waals surface area (Å²) in [5.41, 5.74) is 3.99. The lowest BCUT2D eigenvalue weighted by Gasteiger charge is -2.43. The molecule has 0 fully saturated rings. The van der Waals surface area contributed by atoms with Gasteiger partial charge in [0.25, 0.3) is 0 Å². The molecule has 0 radical (unpaired) electrons. The normalized spacial score (nSPS) is 16.7. The lowest BCUT2D eigenvalue weighted by molar-refractivity contribution is 0.232. The topological polar surface area (TPSA) is 33.0 Å². The standard InChI is InChI=1S/C20H35NOSi/c1-8-10-19(20-12-9-11-18(20)13-21)14-22-23(15(2)3,16(4)5)17(6)7/h9,12,15-17,19H,8,10-11,14H2,1-7H3/t19-/m0/s1. The molecule has 0 bridgehead atoms. The zero-order valence-corrected chi connectivity index (χ0v) is 17.1. The average molecular weight is 334 g/mol. The maximum absolute atomic E-state index is 9.37. The van der Waals surface area contributed by atoms with E-state index in [1.54, 1.807) is 0 Å². The van der Waals surface area contributed by atoms with Crippen LogP contribution in [0.2, 0.25) is 16.6 Å². The summed E-state index contributed by atoms with van der Waals surface area (Å²) in [6.07, 6.45) is 7.31. The fourth-order valence-corrected chi connectivity index (χ4v) is 9.93. The molecule has 0 amide bonds. The van der Waals surface area contributed by atoms with Crippen LogP contribution in [0.4, 0.5) is 0 Å².